The van der Waals surface area contributed by atoms with Gasteiger partial charge in [0, 0.05) is 30.6 Å². The van der Waals surface area contributed by atoms with E-state index in [1.54, 1.807) is 13.0 Å². The van der Waals surface area contributed by atoms with E-state index in [0.29, 0.717) is 22.8 Å². The fourth-order valence-corrected chi connectivity index (χ4v) is 3.02. The van der Waals surface area contributed by atoms with Crippen LogP contribution in [0, 0.1) is 12.7 Å². The van der Waals surface area contributed by atoms with Gasteiger partial charge in [0.1, 0.15) is 5.82 Å². The van der Waals surface area contributed by atoms with Crippen LogP contribution in [0.3, 0.4) is 0 Å². The largest absolute Gasteiger partial charge is 0.337 e. The molecule has 5 heteroatoms. The molecule has 0 saturated carbocycles. The number of nitrogens with zero attached hydrogens (tertiary/aromatic N) is 2. The summed E-state index contributed by atoms with van der Waals surface area (Å²) in [5, 5.41) is 4.03. The minimum atomic E-state index is -0.314. The average Bonchev–Trinajstić information content (AvgIpc) is 2.53. The Balaban J connectivity index is 1.93. The third kappa shape index (κ3) is 2.81. The number of carbonyl (C=O) groups excluding carboxylic acids is 1. The van der Waals surface area contributed by atoms with Crippen molar-refractivity contribution in [1.29, 1.82) is 0 Å². The number of carbonyl (C=O) groups is 1. The van der Waals surface area contributed by atoms with Crippen LogP contribution in [0.5, 0.6) is 0 Å². The maximum Gasteiger partial charge on any atom is 0.255 e. The second-order valence-electron chi connectivity index (χ2n) is 5.84. The predicted molar refractivity (Wildman–Crippen MR) is 84.4 cm³/mol. The van der Waals surface area contributed by atoms with E-state index in [0.717, 1.165) is 31.3 Å². The van der Waals surface area contributed by atoms with Gasteiger partial charge in [-0.15, -0.1) is 0 Å². The molecule has 1 atom stereocenters. The van der Waals surface area contributed by atoms with Gasteiger partial charge in [0.05, 0.1) is 16.8 Å². The number of rotatable bonds is 2. The fraction of sp³-hybridized carbons (Fsp3) is 0.412. The van der Waals surface area contributed by atoms with E-state index >= 15 is 0 Å². The lowest BCUT2D eigenvalue weighted by molar-refractivity contribution is 0.0697. The third-order valence-corrected chi connectivity index (χ3v) is 4.32. The molecule has 1 N–H and O–H groups in total. The first-order valence-corrected chi connectivity index (χ1v) is 7.62. The molecule has 22 heavy (non-hydrogen) atoms. The molecule has 1 unspecified atom stereocenters. The summed E-state index contributed by atoms with van der Waals surface area (Å²) in [4.78, 5) is 19.0. The van der Waals surface area contributed by atoms with E-state index in [-0.39, 0.29) is 11.7 Å². The summed E-state index contributed by atoms with van der Waals surface area (Å²) in [6, 6.07) is 6.63. The van der Waals surface area contributed by atoms with Gasteiger partial charge < -0.3 is 10.2 Å². The number of nitrogens with one attached hydrogen (secondary N) is 1. The van der Waals surface area contributed by atoms with Gasteiger partial charge in [-0.1, -0.05) is 0 Å². The Morgan fingerprint density at radius 3 is 3.00 bits per heavy atom. The maximum absolute atomic E-state index is 13.3. The molecule has 116 valence electrons. The van der Waals surface area contributed by atoms with Gasteiger partial charge in [-0.05, 0) is 45.0 Å². The lowest BCUT2D eigenvalue weighted by Crippen LogP contribution is -2.47. The standard InChI is InChI=1S/C17H20FN3O/c1-11-15(8-12-5-6-13(18)9-16(12)20-11)17(22)21-7-3-4-14(10-21)19-2/h5-6,8-9,14,19H,3-4,7,10H2,1-2H3. The van der Waals surface area contributed by atoms with Crippen LogP contribution in [0.25, 0.3) is 10.9 Å². The number of aryl methyl sites for hydroxylation is 1. The number of hydrogen-bond donors (Lipinski definition) is 1. The van der Waals surface area contributed by atoms with E-state index in [4.69, 9.17) is 0 Å². The van der Waals surface area contributed by atoms with Gasteiger partial charge in [0.15, 0.2) is 0 Å². The highest BCUT2D eigenvalue weighted by Gasteiger charge is 2.25. The summed E-state index contributed by atoms with van der Waals surface area (Å²) < 4.78 is 13.3. The summed E-state index contributed by atoms with van der Waals surface area (Å²) in [6.45, 7) is 3.30. The highest BCUT2D eigenvalue weighted by atomic mass is 19.1. The molecule has 2 aromatic rings. The predicted octanol–water partition coefficient (Wildman–Crippen LogP) is 2.51. The summed E-state index contributed by atoms with van der Waals surface area (Å²) in [7, 11) is 1.93. The van der Waals surface area contributed by atoms with E-state index in [1.165, 1.54) is 12.1 Å². The Bertz CT molecular complexity index is 716. The summed E-state index contributed by atoms with van der Waals surface area (Å²) in [5.74, 6) is -0.303. The van der Waals surface area contributed by atoms with Crippen molar-refractivity contribution < 1.29 is 9.18 Å². The number of benzene rings is 1. The van der Waals surface area contributed by atoms with Crippen molar-refractivity contribution in [2.45, 2.75) is 25.8 Å². The summed E-state index contributed by atoms with van der Waals surface area (Å²) in [5.41, 5.74) is 1.84. The van der Waals surface area contributed by atoms with Crippen molar-refractivity contribution >= 4 is 16.8 Å². The van der Waals surface area contributed by atoms with Crippen LogP contribution in [0.15, 0.2) is 24.3 Å². The van der Waals surface area contributed by atoms with Crippen molar-refractivity contribution in [3.05, 3.63) is 41.3 Å². The summed E-state index contributed by atoms with van der Waals surface area (Å²) >= 11 is 0. The van der Waals surface area contributed by atoms with Gasteiger partial charge in [-0.2, -0.15) is 0 Å². The van der Waals surface area contributed by atoms with Gasteiger partial charge in [0.2, 0.25) is 0 Å². The third-order valence-electron chi connectivity index (χ3n) is 4.32. The molecule has 0 aliphatic carbocycles. The van der Waals surface area contributed by atoms with Gasteiger partial charge >= 0.3 is 0 Å². The molecule has 4 nitrogen and oxygen atoms in total. The van der Waals surface area contributed by atoms with Crippen LogP contribution in [0.1, 0.15) is 28.9 Å². The van der Waals surface area contributed by atoms with Crippen molar-refractivity contribution in [2.75, 3.05) is 20.1 Å². The van der Waals surface area contributed by atoms with Crippen LogP contribution < -0.4 is 5.32 Å². The molecule has 3 rings (SSSR count). The van der Waals surface area contributed by atoms with E-state index < -0.39 is 0 Å². The Labute approximate surface area is 129 Å². The Hall–Kier alpha value is -2.01. The first-order chi connectivity index (χ1) is 10.6. The van der Waals surface area contributed by atoms with Crippen molar-refractivity contribution in [1.82, 2.24) is 15.2 Å². The van der Waals surface area contributed by atoms with E-state index in [9.17, 15) is 9.18 Å². The quantitative estimate of drug-likeness (QED) is 0.927. The number of likely N-dealkylation sites (N-methyl/N-ethyl adjacent to an activating group) is 1. The monoisotopic (exact) mass is 301 g/mol. The topological polar surface area (TPSA) is 45.2 Å². The molecule has 1 saturated heterocycles. The molecule has 1 aromatic heterocycles. The Morgan fingerprint density at radius 2 is 2.23 bits per heavy atom. The molecule has 1 fully saturated rings. The Morgan fingerprint density at radius 1 is 1.41 bits per heavy atom. The first kappa shape index (κ1) is 14.9. The molecule has 0 radical (unpaired) electrons. The number of piperidine rings is 1. The normalized spacial score (nSPS) is 18.7. The SMILES string of the molecule is CNC1CCCN(C(=O)c2cc3ccc(F)cc3nc2C)C1. The maximum atomic E-state index is 13.3. The second-order valence-corrected chi connectivity index (χ2v) is 5.84. The summed E-state index contributed by atoms with van der Waals surface area (Å²) in [6.07, 6.45) is 2.09. The lowest BCUT2D eigenvalue weighted by Gasteiger charge is -2.32. The highest BCUT2D eigenvalue weighted by molar-refractivity contribution is 5.98. The van der Waals surface area contributed by atoms with Crippen molar-refractivity contribution in [2.24, 2.45) is 0 Å². The molecule has 1 amide bonds. The average molecular weight is 301 g/mol. The number of amides is 1. The van der Waals surface area contributed by atoms with Crippen LogP contribution in [0.4, 0.5) is 4.39 Å². The zero-order chi connectivity index (χ0) is 15.7. The smallest absolute Gasteiger partial charge is 0.255 e. The van der Waals surface area contributed by atoms with Gasteiger partial charge in [0.25, 0.3) is 5.91 Å². The highest BCUT2D eigenvalue weighted by Crippen LogP contribution is 2.20. The first-order valence-electron chi connectivity index (χ1n) is 7.62. The number of hydrogen-bond acceptors (Lipinski definition) is 3. The van der Waals surface area contributed by atoms with Crippen molar-refractivity contribution in [3.63, 3.8) is 0 Å². The Kier molecular flexibility index (Phi) is 4.07. The molecule has 2 heterocycles. The van der Waals surface area contributed by atoms with Gasteiger partial charge in [-0.25, -0.2) is 4.39 Å². The van der Waals surface area contributed by atoms with E-state index in [2.05, 4.69) is 10.3 Å². The molecular weight excluding hydrogens is 281 g/mol. The zero-order valence-electron chi connectivity index (χ0n) is 12.9. The van der Waals surface area contributed by atoms with Crippen LogP contribution in [-0.2, 0) is 0 Å². The lowest BCUT2D eigenvalue weighted by atomic mass is 10.0. The second kappa shape index (κ2) is 6.01. The van der Waals surface area contributed by atoms with Gasteiger partial charge in [-0.3, -0.25) is 9.78 Å². The number of halogens is 1. The van der Waals surface area contributed by atoms with E-state index in [1.807, 2.05) is 18.0 Å². The number of likely N-dealkylation sites (tertiary alicyclic amines) is 1. The number of pyridine rings is 1. The zero-order valence-corrected chi connectivity index (χ0v) is 12.9. The van der Waals surface area contributed by atoms with Crippen LogP contribution in [-0.4, -0.2) is 42.0 Å². The molecular formula is C17H20FN3O. The number of aromatic nitrogens is 1. The fourth-order valence-electron chi connectivity index (χ4n) is 3.02. The molecule has 1 aliphatic heterocycles. The minimum absolute atomic E-state index is 0.0103. The van der Waals surface area contributed by atoms with Crippen LogP contribution >= 0.6 is 0 Å². The molecule has 1 aromatic carbocycles. The number of fused-ring (bicyclic) bond motifs is 1. The minimum Gasteiger partial charge on any atom is -0.337 e. The molecule has 1 aliphatic rings. The van der Waals surface area contributed by atoms with Crippen molar-refractivity contribution in [3.8, 4) is 0 Å². The van der Waals surface area contributed by atoms with Crippen LogP contribution in [0.2, 0.25) is 0 Å². The molecule has 0 spiro atoms. The molecule has 0 bridgehead atoms.